The fourth-order valence-corrected chi connectivity index (χ4v) is 1.34. The molecule has 0 bridgehead atoms. The summed E-state index contributed by atoms with van der Waals surface area (Å²) in [6.07, 6.45) is 0. The summed E-state index contributed by atoms with van der Waals surface area (Å²) >= 11 is 0. The summed E-state index contributed by atoms with van der Waals surface area (Å²) in [5.41, 5.74) is 0. The van der Waals surface area contributed by atoms with Gasteiger partial charge in [-0.25, -0.2) is 8.42 Å². The molecule has 0 amide bonds. The molecular formula is C6H13NO5S. The first-order valence-electron chi connectivity index (χ1n) is 3.66. The number of aliphatic carboxylic acids is 1. The zero-order chi connectivity index (χ0) is 10.6. The van der Waals surface area contributed by atoms with Crippen LogP contribution in [0, 0.1) is 0 Å². The van der Waals surface area contributed by atoms with E-state index in [2.05, 4.69) is 0 Å². The predicted octanol–water partition coefficient (Wildman–Crippen LogP) is -1.24. The summed E-state index contributed by atoms with van der Waals surface area (Å²) < 4.78 is 24.1. The van der Waals surface area contributed by atoms with Crippen molar-refractivity contribution in [2.24, 2.45) is 0 Å². The van der Waals surface area contributed by atoms with E-state index in [1.54, 1.807) is 0 Å². The van der Waals surface area contributed by atoms with Gasteiger partial charge in [-0.05, 0) is 13.8 Å². The van der Waals surface area contributed by atoms with Crippen LogP contribution >= 0.6 is 0 Å². The van der Waals surface area contributed by atoms with Gasteiger partial charge in [0.25, 0.3) is 0 Å². The summed E-state index contributed by atoms with van der Waals surface area (Å²) in [6, 6.07) is -1.47. The average Bonchev–Trinajstić information content (AvgIpc) is 1.99. The van der Waals surface area contributed by atoms with Gasteiger partial charge in [0.2, 0.25) is 10.0 Å². The second kappa shape index (κ2) is 4.54. The van der Waals surface area contributed by atoms with Gasteiger partial charge in [0.1, 0.15) is 6.04 Å². The van der Waals surface area contributed by atoms with E-state index in [0.717, 1.165) is 0 Å². The van der Waals surface area contributed by atoms with Crippen molar-refractivity contribution in [3.05, 3.63) is 0 Å². The van der Waals surface area contributed by atoms with Crippen LogP contribution in [0.3, 0.4) is 0 Å². The molecule has 78 valence electrons. The summed E-state index contributed by atoms with van der Waals surface area (Å²) in [5, 5.41) is 16.2. The third kappa shape index (κ3) is 3.71. The van der Waals surface area contributed by atoms with Gasteiger partial charge >= 0.3 is 5.97 Å². The predicted molar refractivity (Wildman–Crippen MR) is 45.7 cm³/mol. The number of sulfonamides is 1. The minimum atomic E-state index is -3.65. The van der Waals surface area contributed by atoms with Crippen molar-refractivity contribution in [1.82, 2.24) is 4.72 Å². The number of rotatable bonds is 5. The highest BCUT2D eigenvalue weighted by atomic mass is 32.2. The number of carboxylic acid groups (broad SMARTS) is 1. The van der Waals surface area contributed by atoms with Gasteiger partial charge in [-0.1, -0.05) is 0 Å². The van der Waals surface area contributed by atoms with E-state index in [1.807, 2.05) is 4.72 Å². The van der Waals surface area contributed by atoms with Crippen LogP contribution in [0.4, 0.5) is 0 Å². The molecular weight excluding hydrogens is 198 g/mol. The van der Waals surface area contributed by atoms with E-state index in [4.69, 9.17) is 10.2 Å². The number of hydrogen-bond donors (Lipinski definition) is 3. The zero-order valence-corrected chi connectivity index (χ0v) is 8.21. The number of carboxylic acids is 1. The molecule has 1 atom stereocenters. The van der Waals surface area contributed by atoms with Crippen LogP contribution in [0.2, 0.25) is 0 Å². The maximum Gasteiger partial charge on any atom is 0.324 e. The monoisotopic (exact) mass is 211 g/mol. The Morgan fingerprint density at radius 2 is 1.92 bits per heavy atom. The first-order valence-corrected chi connectivity index (χ1v) is 5.20. The van der Waals surface area contributed by atoms with Crippen LogP contribution in [-0.2, 0) is 14.8 Å². The van der Waals surface area contributed by atoms with E-state index in [9.17, 15) is 13.2 Å². The Balaban J connectivity index is 4.50. The Kier molecular flexibility index (Phi) is 4.31. The van der Waals surface area contributed by atoms with Crippen molar-refractivity contribution < 1.29 is 23.4 Å². The molecule has 0 heterocycles. The van der Waals surface area contributed by atoms with Crippen molar-refractivity contribution in [2.45, 2.75) is 25.1 Å². The maximum atomic E-state index is 11.1. The highest BCUT2D eigenvalue weighted by Gasteiger charge is 2.25. The molecule has 0 aromatic carbocycles. The zero-order valence-electron chi connectivity index (χ0n) is 7.39. The quantitative estimate of drug-likeness (QED) is 0.527. The highest BCUT2D eigenvalue weighted by molar-refractivity contribution is 7.90. The van der Waals surface area contributed by atoms with Crippen molar-refractivity contribution in [3.63, 3.8) is 0 Å². The molecule has 0 saturated carbocycles. The minimum Gasteiger partial charge on any atom is -0.480 e. The lowest BCUT2D eigenvalue weighted by atomic mass is 10.3. The van der Waals surface area contributed by atoms with Crippen molar-refractivity contribution in [2.75, 3.05) is 6.61 Å². The molecule has 13 heavy (non-hydrogen) atoms. The molecule has 7 heteroatoms. The number of carbonyl (C=O) groups is 1. The number of aliphatic hydroxyl groups excluding tert-OH is 1. The molecule has 0 spiro atoms. The normalized spacial score (nSPS) is 14.5. The van der Waals surface area contributed by atoms with Crippen LogP contribution in [0.25, 0.3) is 0 Å². The molecule has 0 radical (unpaired) electrons. The SMILES string of the molecule is CC(C)S(=O)(=O)NC(CO)C(=O)O. The Labute approximate surface area is 76.6 Å². The lowest BCUT2D eigenvalue weighted by molar-refractivity contribution is -0.139. The van der Waals surface area contributed by atoms with Crippen LogP contribution in [0.1, 0.15) is 13.8 Å². The largest absolute Gasteiger partial charge is 0.480 e. The van der Waals surface area contributed by atoms with Gasteiger partial charge in [-0.3, -0.25) is 4.79 Å². The maximum absolute atomic E-state index is 11.1. The molecule has 0 rings (SSSR count). The second-order valence-corrected chi connectivity index (χ2v) is 5.05. The molecule has 0 aliphatic rings. The van der Waals surface area contributed by atoms with Gasteiger partial charge < -0.3 is 10.2 Å². The fourth-order valence-electron chi connectivity index (χ4n) is 0.500. The van der Waals surface area contributed by atoms with Gasteiger partial charge in [0.15, 0.2) is 0 Å². The third-order valence-corrected chi connectivity index (χ3v) is 3.26. The topological polar surface area (TPSA) is 104 Å². The number of aliphatic hydroxyl groups is 1. The lowest BCUT2D eigenvalue weighted by Gasteiger charge is -2.13. The molecule has 0 aromatic rings. The van der Waals surface area contributed by atoms with Crippen LogP contribution in [0.15, 0.2) is 0 Å². The number of nitrogens with one attached hydrogen (secondary N) is 1. The van der Waals surface area contributed by atoms with Crippen molar-refractivity contribution in [3.8, 4) is 0 Å². The Bertz CT molecular complexity index is 271. The summed E-state index contributed by atoms with van der Waals surface area (Å²) in [5.74, 6) is -1.40. The molecule has 0 aliphatic carbocycles. The van der Waals surface area contributed by atoms with Crippen molar-refractivity contribution in [1.29, 1.82) is 0 Å². The van der Waals surface area contributed by atoms with E-state index < -0.39 is 33.9 Å². The van der Waals surface area contributed by atoms with Gasteiger partial charge in [0.05, 0.1) is 11.9 Å². The molecule has 0 saturated heterocycles. The minimum absolute atomic E-state index is 0.721. The average molecular weight is 211 g/mol. The summed E-state index contributed by atoms with van der Waals surface area (Å²) in [7, 11) is -3.65. The lowest BCUT2D eigenvalue weighted by Crippen LogP contribution is -2.45. The Hall–Kier alpha value is -0.660. The molecule has 0 aliphatic heterocycles. The summed E-state index contributed by atoms with van der Waals surface area (Å²) in [4.78, 5) is 10.3. The highest BCUT2D eigenvalue weighted by Crippen LogP contribution is 1.98. The molecule has 3 N–H and O–H groups in total. The van der Waals surface area contributed by atoms with Gasteiger partial charge in [0, 0.05) is 0 Å². The third-order valence-electron chi connectivity index (χ3n) is 1.41. The fraction of sp³-hybridized carbons (Fsp3) is 0.833. The molecule has 1 unspecified atom stereocenters. The second-order valence-electron chi connectivity index (χ2n) is 2.79. The van der Waals surface area contributed by atoms with Crippen molar-refractivity contribution >= 4 is 16.0 Å². The van der Waals surface area contributed by atoms with E-state index in [0.29, 0.717) is 0 Å². The molecule has 6 nitrogen and oxygen atoms in total. The standard InChI is InChI=1S/C6H13NO5S/c1-4(2)13(11,12)7-5(3-8)6(9)10/h4-5,7-8H,3H2,1-2H3,(H,9,10). The van der Waals surface area contributed by atoms with Crippen LogP contribution in [-0.4, -0.2) is 42.5 Å². The van der Waals surface area contributed by atoms with E-state index in [1.165, 1.54) is 13.8 Å². The summed E-state index contributed by atoms with van der Waals surface area (Å²) in [6.45, 7) is 2.07. The number of hydrogen-bond acceptors (Lipinski definition) is 4. The molecule has 0 aromatic heterocycles. The smallest absolute Gasteiger partial charge is 0.324 e. The van der Waals surface area contributed by atoms with Crippen LogP contribution < -0.4 is 4.72 Å². The molecule has 0 fully saturated rings. The van der Waals surface area contributed by atoms with Gasteiger partial charge in [-0.15, -0.1) is 0 Å². The van der Waals surface area contributed by atoms with Gasteiger partial charge in [-0.2, -0.15) is 4.72 Å². The first kappa shape index (κ1) is 12.3. The van der Waals surface area contributed by atoms with Crippen LogP contribution in [0.5, 0.6) is 0 Å². The van der Waals surface area contributed by atoms with E-state index >= 15 is 0 Å². The van der Waals surface area contributed by atoms with E-state index in [-0.39, 0.29) is 0 Å². The first-order chi connectivity index (χ1) is 5.81. The Morgan fingerprint density at radius 1 is 1.46 bits per heavy atom. The Morgan fingerprint density at radius 3 is 2.15 bits per heavy atom.